The van der Waals surface area contributed by atoms with Crippen molar-refractivity contribution in [3.8, 4) is 0 Å². The molecule has 0 saturated carbocycles. The summed E-state index contributed by atoms with van der Waals surface area (Å²) < 4.78 is 16.9. The number of hydrogen-bond acceptors (Lipinski definition) is 6. The molecule has 1 unspecified atom stereocenters. The van der Waals surface area contributed by atoms with Crippen LogP contribution in [-0.2, 0) is 28.6 Å². The van der Waals surface area contributed by atoms with Gasteiger partial charge in [-0.05, 0) is 103 Å². The van der Waals surface area contributed by atoms with Crippen molar-refractivity contribution in [2.45, 2.75) is 322 Å². The van der Waals surface area contributed by atoms with E-state index < -0.39 is 6.10 Å². The van der Waals surface area contributed by atoms with Crippen LogP contribution in [0.15, 0.2) is 60.8 Å². The van der Waals surface area contributed by atoms with Gasteiger partial charge in [0.25, 0.3) is 0 Å². The first kappa shape index (κ1) is 68.1. The van der Waals surface area contributed by atoms with E-state index in [0.717, 1.165) is 57.8 Å². The van der Waals surface area contributed by atoms with Crippen LogP contribution < -0.4 is 0 Å². The average molecular weight is 994 g/mol. The fraction of sp³-hybridized carbons (Fsp3) is 0.800. The lowest BCUT2D eigenvalue weighted by atomic mass is 10.1. The summed E-state index contributed by atoms with van der Waals surface area (Å²) in [6, 6.07) is 0. The lowest BCUT2D eigenvalue weighted by Crippen LogP contribution is -2.30. The Morgan fingerprint density at radius 2 is 0.521 bits per heavy atom. The number of carbonyl (C=O) groups excluding carboxylic acids is 3. The third-order valence-electron chi connectivity index (χ3n) is 13.5. The fourth-order valence-electron chi connectivity index (χ4n) is 8.80. The maximum atomic E-state index is 12.9. The van der Waals surface area contributed by atoms with E-state index in [9.17, 15) is 14.4 Å². The summed E-state index contributed by atoms with van der Waals surface area (Å²) in [6.45, 7) is 6.61. The second-order valence-electron chi connectivity index (χ2n) is 20.6. The van der Waals surface area contributed by atoms with E-state index in [1.807, 2.05) is 0 Å². The first-order valence-corrected chi connectivity index (χ1v) is 30.8. The normalized spacial score (nSPS) is 12.4. The molecule has 0 aromatic rings. The Morgan fingerprint density at radius 3 is 0.845 bits per heavy atom. The molecule has 1 atom stereocenters. The zero-order valence-electron chi connectivity index (χ0n) is 47.2. The van der Waals surface area contributed by atoms with Crippen molar-refractivity contribution in [3.05, 3.63) is 60.8 Å². The van der Waals surface area contributed by atoms with Crippen molar-refractivity contribution in [2.24, 2.45) is 0 Å². The first-order chi connectivity index (χ1) is 35.0. The predicted octanol–water partition coefficient (Wildman–Crippen LogP) is 20.8. The van der Waals surface area contributed by atoms with Gasteiger partial charge in [0.1, 0.15) is 13.2 Å². The molecule has 0 aliphatic heterocycles. The highest BCUT2D eigenvalue weighted by molar-refractivity contribution is 5.71. The number of esters is 3. The quantitative estimate of drug-likeness (QED) is 0.0261. The molecule has 0 rings (SSSR count). The number of hydrogen-bond donors (Lipinski definition) is 0. The first-order valence-electron chi connectivity index (χ1n) is 30.8. The molecule has 6 heteroatoms. The second-order valence-corrected chi connectivity index (χ2v) is 20.6. The zero-order valence-corrected chi connectivity index (χ0v) is 47.2. The van der Waals surface area contributed by atoms with Gasteiger partial charge in [-0.15, -0.1) is 0 Å². The highest BCUT2D eigenvalue weighted by Gasteiger charge is 2.19. The van der Waals surface area contributed by atoms with Gasteiger partial charge in [-0.2, -0.15) is 0 Å². The largest absolute Gasteiger partial charge is 0.462 e. The topological polar surface area (TPSA) is 78.9 Å². The molecule has 0 amide bonds. The minimum absolute atomic E-state index is 0.0964. The maximum Gasteiger partial charge on any atom is 0.306 e. The molecule has 0 heterocycles. The van der Waals surface area contributed by atoms with Crippen LogP contribution in [0.1, 0.15) is 316 Å². The minimum atomic E-state index is -0.804. The van der Waals surface area contributed by atoms with Gasteiger partial charge in [0.15, 0.2) is 6.10 Å². The van der Waals surface area contributed by atoms with Crippen LogP contribution in [0.3, 0.4) is 0 Å². The molecule has 0 spiro atoms. The van der Waals surface area contributed by atoms with Crippen molar-refractivity contribution in [1.29, 1.82) is 0 Å². The number of rotatable bonds is 56. The third-order valence-corrected chi connectivity index (χ3v) is 13.5. The molecule has 0 aromatic heterocycles. The van der Waals surface area contributed by atoms with Crippen molar-refractivity contribution in [1.82, 2.24) is 0 Å². The Bertz CT molecular complexity index is 1280. The molecule has 6 nitrogen and oxygen atoms in total. The molecule has 0 aliphatic rings. The Morgan fingerprint density at radius 1 is 0.282 bits per heavy atom. The van der Waals surface area contributed by atoms with Gasteiger partial charge in [-0.1, -0.05) is 255 Å². The standard InChI is InChI=1S/C65H116O6/c1-4-7-10-13-16-19-22-25-28-31-32-35-37-40-43-46-49-52-55-58-64(67)70-61-62(71-65(68)59-56-53-50-47-44-41-38-34-30-27-24-21-18-15-12-9-6-3)60-69-63(66)57-54-51-48-45-42-39-36-33-29-26-23-20-17-14-11-8-5-2/h26-27,29-32,38,41,47,50,62H,4-25,28,33-37,39-40,42-46,48-49,51-61H2,1-3H3/b29-26-,30-27-,32-31-,41-38-,50-47-. The summed E-state index contributed by atoms with van der Waals surface area (Å²) in [5.41, 5.74) is 0. The summed E-state index contributed by atoms with van der Waals surface area (Å²) in [5, 5.41) is 0. The van der Waals surface area contributed by atoms with E-state index in [0.29, 0.717) is 19.3 Å². The van der Waals surface area contributed by atoms with Gasteiger partial charge in [-0.3, -0.25) is 14.4 Å². The molecule has 0 saturated heterocycles. The Balaban J connectivity index is 4.43. The van der Waals surface area contributed by atoms with E-state index in [1.165, 1.54) is 212 Å². The Kier molecular flexibility index (Phi) is 57.2. The molecule has 0 aliphatic carbocycles. The van der Waals surface area contributed by atoms with E-state index >= 15 is 0 Å². The summed E-state index contributed by atoms with van der Waals surface area (Å²) in [5.74, 6) is -0.944. The van der Waals surface area contributed by atoms with E-state index in [1.54, 1.807) is 0 Å². The molecule has 0 N–H and O–H groups in total. The van der Waals surface area contributed by atoms with Crippen molar-refractivity contribution < 1.29 is 28.6 Å². The van der Waals surface area contributed by atoms with Crippen LogP contribution in [0, 0.1) is 0 Å². The number of carbonyl (C=O) groups is 3. The Hall–Kier alpha value is -2.89. The zero-order chi connectivity index (χ0) is 51.4. The van der Waals surface area contributed by atoms with Gasteiger partial charge in [-0.25, -0.2) is 0 Å². The van der Waals surface area contributed by atoms with Gasteiger partial charge >= 0.3 is 17.9 Å². The third kappa shape index (κ3) is 57.9. The molecule has 412 valence electrons. The molecule has 0 fully saturated rings. The van der Waals surface area contributed by atoms with Crippen molar-refractivity contribution in [3.63, 3.8) is 0 Å². The highest BCUT2D eigenvalue weighted by Crippen LogP contribution is 2.15. The van der Waals surface area contributed by atoms with Gasteiger partial charge < -0.3 is 14.2 Å². The van der Waals surface area contributed by atoms with Crippen LogP contribution in [0.2, 0.25) is 0 Å². The summed E-state index contributed by atoms with van der Waals surface area (Å²) in [6.07, 6.45) is 75.1. The smallest absolute Gasteiger partial charge is 0.306 e. The molecule has 0 radical (unpaired) electrons. The van der Waals surface area contributed by atoms with Crippen LogP contribution >= 0.6 is 0 Å². The van der Waals surface area contributed by atoms with E-state index in [-0.39, 0.29) is 37.5 Å². The van der Waals surface area contributed by atoms with Crippen LogP contribution in [0.25, 0.3) is 0 Å². The van der Waals surface area contributed by atoms with Crippen molar-refractivity contribution in [2.75, 3.05) is 13.2 Å². The molecular formula is C65H116O6. The number of ether oxygens (including phenoxy) is 3. The van der Waals surface area contributed by atoms with Crippen molar-refractivity contribution >= 4 is 17.9 Å². The second kappa shape index (κ2) is 59.7. The maximum absolute atomic E-state index is 12.9. The van der Waals surface area contributed by atoms with E-state index in [4.69, 9.17) is 14.2 Å². The Labute approximate surface area is 440 Å². The summed E-state index contributed by atoms with van der Waals surface area (Å²) >= 11 is 0. The SMILES string of the molecule is CCCCCCCC/C=C\C/C=C\C/C=C\CCCC(=O)OC(COC(=O)CCCCCCCCC/C=C\CCCCCCCC)COC(=O)CCCCCCCCC/C=C\CCCCCCCCCC. The molecule has 71 heavy (non-hydrogen) atoms. The van der Waals surface area contributed by atoms with Crippen LogP contribution in [0.4, 0.5) is 0 Å². The number of allylic oxidation sites excluding steroid dienone is 10. The summed E-state index contributed by atoms with van der Waals surface area (Å²) in [7, 11) is 0. The lowest BCUT2D eigenvalue weighted by molar-refractivity contribution is -0.167. The lowest BCUT2D eigenvalue weighted by Gasteiger charge is -2.18. The predicted molar refractivity (Wildman–Crippen MR) is 307 cm³/mol. The summed E-state index contributed by atoms with van der Waals surface area (Å²) in [4.78, 5) is 38.2. The molecule has 0 aromatic carbocycles. The van der Waals surface area contributed by atoms with Crippen LogP contribution in [-0.4, -0.2) is 37.2 Å². The van der Waals surface area contributed by atoms with Crippen LogP contribution in [0.5, 0.6) is 0 Å². The fourth-order valence-corrected chi connectivity index (χ4v) is 8.80. The minimum Gasteiger partial charge on any atom is -0.462 e. The number of unbranched alkanes of at least 4 members (excludes halogenated alkanes) is 35. The van der Waals surface area contributed by atoms with Gasteiger partial charge in [0.2, 0.25) is 0 Å². The molecular weight excluding hydrogens is 877 g/mol. The average Bonchev–Trinajstić information content (AvgIpc) is 3.37. The van der Waals surface area contributed by atoms with E-state index in [2.05, 4.69) is 81.5 Å². The highest BCUT2D eigenvalue weighted by atomic mass is 16.6. The molecule has 0 bridgehead atoms. The van der Waals surface area contributed by atoms with Gasteiger partial charge in [0, 0.05) is 19.3 Å². The monoisotopic (exact) mass is 993 g/mol. The van der Waals surface area contributed by atoms with Gasteiger partial charge in [0.05, 0.1) is 0 Å².